The van der Waals surface area contributed by atoms with E-state index in [1.165, 1.54) is 0 Å². The monoisotopic (exact) mass is 335 g/mol. The van der Waals surface area contributed by atoms with Crippen LogP contribution >= 0.6 is 0 Å². The van der Waals surface area contributed by atoms with Gasteiger partial charge in [0.1, 0.15) is 5.75 Å². The minimum absolute atomic E-state index is 0.0228. The first-order valence-electron chi connectivity index (χ1n) is 8.21. The summed E-state index contributed by atoms with van der Waals surface area (Å²) in [4.78, 5) is 26.1. The molecule has 1 aliphatic heterocycles. The van der Waals surface area contributed by atoms with Crippen LogP contribution in [-0.4, -0.2) is 62.2 Å². The smallest absolute Gasteiger partial charge is 0.313 e. The molecule has 1 saturated heterocycles. The molecule has 1 fully saturated rings. The third-order valence-corrected chi connectivity index (χ3v) is 3.52. The van der Waals surface area contributed by atoms with Gasteiger partial charge in [-0.15, -0.1) is 0 Å². The Morgan fingerprint density at radius 1 is 1.21 bits per heavy atom. The molecule has 0 aliphatic carbocycles. The van der Waals surface area contributed by atoms with Crippen molar-refractivity contribution < 1.29 is 19.1 Å². The second-order valence-corrected chi connectivity index (χ2v) is 5.83. The molecule has 0 aromatic heterocycles. The van der Waals surface area contributed by atoms with Gasteiger partial charge in [0.2, 0.25) is 0 Å². The number of carbonyl (C=O) groups is 2. The van der Waals surface area contributed by atoms with Crippen LogP contribution in [0.4, 0.5) is 5.69 Å². The highest BCUT2D eigenvalue weighted by Crippen LogP contribution is 2.24. The zero-order chi connectivity index (χ0) is 17.4. The van der Waals surface area contributed by atoms with E-state index in [2.05, 4.69) is 15.5 Å². The summed E-state index contributed by atoms with van der Waals surface area (Å²) in [6.07, 6.45) is -0.0228. The number of amides is 2. The number of hydrogen-bond donors (Lipinski definition) is 2. The van der Waals surface area contributed by atoms with Gasteiger partial charge in [-0.2, -0.15) is 0 Å². The van der Waals surface area contributed by atoms with Crippen molar-refractivity contribution in [2.45, 2.75) is 20.0 Å². The van der Waals surface area contributed by atoms with Crippen LogP contribution in [0, 0.1) is 0 Å². The van der Waals surface area contributed by atoms with Gasteiger partial charge in [-0.3, -0.25) is 14.5 Å². The van der Waals surface area contributed by atoms with Crippen molar-refractivity contribution in [3.63, 3.8) is 0 Å². The third-order valence-electron chi connectivity index (χ3n) is 3.52. The maximum absolute atomic E-state index is 12.0. The van der Waals surface area contributed by atoms with Gasteiger partial charge in [0, 0.05) is 26.2 Å². The van der Waals surface area contributed by atoms with E-state index in [-0.39, 0.29) is 6.10 Å². The lowest BCUT2D eigenvalue weighted by molar-refractivity contribution is -0.136. The lowest BCUT2D eigenvalue weighted by Crippen LogP contribution is -2.43. The highest BCUT2D eigenvalue weighted by molar-refractivity contribution is 6.39. The predicted octanol–water partition coefficient (Wildman–Crippen LogP) is 0.861. The molecule has 1 heterocycles. The minimum Gasteiger partial charge on any atom is -0.489 e. The van der Waals surface area contributed by atoms with Gasteiger partial charge in [0.15, 0.2) is 0 Å². The Labute approximate surface area is 142 Å². The average Bonchev–Trinajstić information content (AvgIpc) is 2.57. The maximum Gasteiger partial charge on any atom is 0.313 e. The third kappa shape index (κ3) is 5.82. The summed E-state index contributed by atoms with van der Waals surface area (Å²) in [5.74, 6) is -0.804. The number of nitrogens with one attached hydrogen (secondary N) is 2. The summed E-state index contributed by atoms with van der Waals surface area (Å²) in [6, 6.07) is 7.05. The number of rotatable bonds is 6. The molecule has 0 radical (unpaired) electrons. The Morgan fingerprint density at radius 2 is 1.92 bits per heavy atom. The van der Waals surface area contributed by atoms with Crippen LogP contribution in [0.3, 0.4) is 0 Å². The zero-order valence-corrected chi connectivity index (χ0v) is 14.2. The Bertz CT molecular complexity index is 557. The lowest BCUT2D eigenvalue weighted by atomic mass is 10.3. The van der Waals surface area contributed by atoms with Gasteiger partial charge in [-0.05, 0) is 26.0 Å². The molecule has 0 bridgehead atoms. The van der Waals surface area contributed by atoms with Gasteiger partial charge >= 0.3 is 11.8 Å². The van der Waals surface area contributed by atoms with E-state index in [0.29, 0.717) is 37.7 Å². The molecule has 0 atom stereocenters. The maximum atomic E-state index is 12.0. The molecule has 0 saturated carbocycles. The molecule has 7 nitrogen and oxygen atoms in total. The van der Waals surface area contributed by atoms with E-state index in [4.69, 9.17) is 9.47 Å². The van der Waals surface area contributed by atoms with Crippen molar-refractivity contribution in [1.82, 2.24) is 10.2 Å². The standard InChI is InChI=1S/C17H25N3O4/c1-13(2)24-15-6-4-3-5-14(15)19-17(22)16(21)18-7-8-20-9-11-23-12-10-20/h3-6,13H,7-12H2,1-2H3,(H,18,21)(H,19,22). The molecule has 24 heavy (non-hydrogen) atoms. The highest BCUT2D eigenvalue weighted by Gasteiger charge is 2.16. The summed E-state index contributed by atoms with van der Waals surface area (Å²) in [5, 5.41) is 5.23. The van der Waals surface area contributed by atoms with Crippen molar-refractivity contribution in [2.75, 3.05) is 44.7 Å². The van der Waals surface area contributed by atoms with Gasteiger partial charge in [0.25, 0.3) is 0 Å². The van der Waals surface area contributed by atoms with E-state index >= 15 is 0 Å². The van der Waals surface area contributed by atoms with E-state index in [1.807, 2.05) is 19.9 Å². The zero-order valence-electron chi connectivity index (χ0n) is 14.2. The van der Waals surface area contributed by atoms with Crippen LogP contribution in [0.1, 0.15) is 13.8 Å². The van der Waals surface area contributed by atoms with Gasteiger partial charge in [0.05, 0.1) is 25.0 Å². The summed E-state index contributed by atoms with van der Waals surface area (Å²) in [6.45, 7) is 8.05. The van der Waals surface area contributed by atoms with Crippen molar-refractivity contribution in [3.05, 3.63) is 24.3 Å². The van der Waals surface area contributed by atoms with Crippen LogP contribution in [0.25, 0.3) is 0 Å². The Hall–Kier alpha value is -2.12. The van der Waals surface area contributed by atoms with Crippen LogP contribution in [-0.2, 0) is 14.3 Å². The molecule has 2 rings (SSSR count). The predicted molar refractivity (Wildman–Crippen MR) is 91.1 cm³/mol. The van der Waals surface area contributed by atoms with Gasteiger partial charge in [-0.1, -0.05) is 12.1 Å². The molecule has 2 N–H and O–H groups in total. The van der Waals surface area contributed by atoms with Crippen molar-refractivity contribution in [2.24, 2.45) is 0 Å². The quantitative estimate of drug-likeness (QED) is 0.754. The molecule has 132 valence electrons. The summed E-state index contributed by atoms with van der Waals surface area (Å²) < 4.78 is 10.9. The molecule has 7 heteroatoms. The molecule has 1 aromatic rings. The second kappa shape index (κ2) is 9.24. The minimum atomic E-state index is -0.697. The Balaban J connectivity index is 1.80. The van der Waals surface area contributed by atoms with Gasteiger partial charge < -0.3 is 20.1 Å². The fraction of sp³-hybridized carbons (Fsp3) is 0.529. The SMILES string of the molecule is CC(C)Oc1ccccc1NC(=O)C(=O)NCCN1CCOCC1. The second-order valence-electron chi connectivity index (χ2n) is 5.83. The Morgan fingerprint density at radius 3 is 2.62 bits per heavy atom. The molecule has 0 unspecified atom stereocenters. The number of ether oxygens (including phenoxy) is 2. The topological polar surface area (TPSA) is 79.9 Å². The normalized spacial score (nSPS) is 15.1. The van der Waals surface area contributed by atoms with E-state index in [1.54, 1.807) is 18.2 Å². The number of anilines is 1. The summed E-state index contributed by atoms with van der Waals surface area (Å²) >= 11 is 0. The van der Waals surface area contributed by atoms with Crippen LogP contribution in [0.15, 0.2) is 24.3 Å². The van der Waals surface area contributed by atoms with Gasteiger partial charge in [-0.25, -0.2) is 0 Å². The lowest BCUT2D eigenvalue weighted by Gasteiger charge is -2.26. The molecule has 2 amide bonds. The van der Waals surface area contributed by atoms with Crippen molar-refractivity contribution >= 4 is 17.5 Å². The fourth-order valence-corrected chi connectivity index (χ4v) is 2.34. The number of nitrogens with zero attached hydrogens (tertiary/aromatic N) is 1. The number of benzene rings is 1. The van der Waals surface area contributed by atoms with Crippen molar-refractivity contribution in [1.29, 1.82) is 0 Å². The molecule has 1 aromatic carbocycles. The molecular weight excluding hydrogens is 310 g/mol. The average molecular weight is 335 g/mol. The number of carbonyl (C=O) groups excluding carboxylic acids is 2. The van der Waals surface area contributed by atoms with Crippen LogP contribution in [0.2, 0.25) is 0 Å². The number of hydrogen-bond acceptors (Lipinski definition) is 5. The first kappa shape index (κ1) is 18.2. The fourth-order valence-electron chi connectivity index (χ4n) is 2.34. The van der Waals surface area contributed by atoms with E-state index in [0.717, 1.165) is 13.1 Å². The molecular formula is C17H25N3O4. The summed E-state index contributed by atoms with van der Waals surface area (Å²) in [5.41, 5.74) is 0.486. The van der Waals surface area contributed by atoms with E-state index in [9.17, 15) is 9.59 Å². The first-order valence-corrected chi connectivity index (χ1v) is 8.21. The Kier molecular flexibility index (Phi) is 7.02. The largest absolute Gasteiger partial charge is 0.489 e. The molecule has 0 spiro atoms. The number of morpholine rings is 1. The molecule has 1 aliphatic rings. The number of para-hydroxylation sites is 2. The summed E-state index contributed by atoms with van der Waals surface area (Å²) in [7, 11) is 0. The highest BCUT2D eigenvalue weighted by atomic mass is 16.5. The van der Waals surface area contributed by atoms with E-state index < -0.39 is 11.8 Å². The first-order chi connectivity index (χ1) is 11.6. The van der Waals surface area contributed by atoms with Crippen LogP contribution in [0.5, 0.6) is 5.75 Å². The van der Waals surface area contributed by atoms with Crippen LogP contribution < -0.4 is 15.4 Å². The van der Waals surface area contributed by atoms with Crippen molar-refractivity contribution in [3.8, 4) is 5.75 Å².